The van der Waals surface area contributed by atoms with Crippen molar-refractivity contribution in [2.24, 2.45) is 0 Å². The zero-order valence-corrected chi connectivity index (χ0v) is 12.3. The van der Waals surface area contributed by atoms with Crippen LogP contribution in [0.5, 0.6) is 0 Å². The molecule has 1 aromatic carbocycles. The molecule has 0 aromatic heterocycles. The van der Waals surface area contributed by atoms with E-state index >= 15 is 0 Å². The summed E-state index contributed by atoms with van der Waals surface area (Å²) in [6.07, 6.45) is 0.991. The lowest BCUT2D eigenvalue weighted by Gasteiger charge is -2.15. The fraction of sp³-hybridized carbons (Fsp3) is 0.429. The average Bonchev–Trinajstić information content (AvgIpc) is 2.39. The minimum atomic E-state index is -0.327. The van der Waals surface area contributed by atoms with Crippen LogP contribution in [0.1, 0.15) is 37.6 Å². The van der Waals surface area contributed by atoms with Crippen LogP contribution >= 0.6 is 12.2 Å². The number of hydrogen-bond donors (Lipinski definition) is 2. The Hall–Kier alpha value is -1.62. The Morgan fingerprint density at radius 3 is 2.79 bits per heavy atom. The smallest absolute Gasteiger partial charge is 0.338 e. The van der Waals surface area contributed by atoms with Crippen molar-refractivity contribution in [3.63, 3.8) is 0 Å². The molecule has 5 heteroatoms. The third kappa shape index (κ3) is 5.26. The van der Waals surface area contributed by atoms with Crippen LogP contribution in [0.15, 0.2) is 24.3 Å². The molecule has 0 saturated carbocycles. The van der Waals surface area contributed by atoms with Crippen LogP contribution in [0, 0.1) is 0 Å². The SMILES string of the molecule is CCOC(=O)c1cccc(NC(=S)NC(C)CC)c1. The topological polar surface area (TPSA) is 50.4 Å². The normalized spacial score (nSPS) is 11.5. The van der Waals surface area contributed by atoms with E-state index in [9.17, 15) is 4.79 Å². The van der Waals surface area contributed by atoms with Gasteiger partial charge in [0, 0.05) is 11.7 Å². The molecule has 0 aliphatic carbocycles. The zero-order chi connectivity index (χ0) is 14.3. The Labute approximate surface area is 119 Å². The molecule has 0 spiro atoms. The van der Waals surface area contributed by atoms with Crippen LogP contribution in [0.3, 0.4) is 0 Å². The molecule has 0 aliphatic heterocycles. The van der Waals surface area contributed by atoms with E-state index in [0.29, 0.717) is 23.3 Å². The third-order valence-electron chi connectivity index (χ3n) is 2.62. The van der Waals surface area contributed by atoms with E-state index in [2.05, 4.69) is 24.5 Å². The zero-order valence-electron chi connectivity index (χ0n) is 11.5. The summed E-state index contributed by atoms with van der Waals surface area (Å²) in [6.45, 7) is 6.29. The maximum atomic E-state index is 11.6. The van der Waals surface area contributed by atoms with Gasteiger partial charge < -0.3 is 15.4 Å². The first-order valence-electron chi connectivity index (χ1n) is 6.41. The van der Waals surface area contributed by atoms with Crippen LogP contribution in [0.2, 0.25) is 0 Å². The van der Waals surface area contributed by atoms with E-state index in [-0.39, 0.29) is 5.97 Å². The molecule has 4 nitrogen and oxygen atoms in total. The van der Waals surface area contributed by atoms with Crippen molar-refractivity contribution in [3.8, 4) is 0 Å². The van der Waals surface area contributed by atoms with Gasteiger partial charge in [0.1, 0.15) is 0 Å². The molecule has 104 valence electrons. The van der Waals surface area contributed by atoms with E-state index in [1.165, 1.54) is 0 Å². The van der Waals surface area contributed by atoms with Crippen LogP contribution in [-0.4, -0.2) is 23.7 Å². The highest BCUT2D eigenvalue weighted by Crippen LogP contribution is 2.11. The van der Waals surface area contributed by atoms with E-state index in [4.69, 9.17) is 17.0 Å². The predicted octanol–water partition coefficient (Wildman–Crippen LogP) is 2.95. The first-order chi connectivity index (χ1) is 9.06. The quantitative estimate of drug-likeness (QED) is 0.641. The number of nitrogens with one attached hydrogen (secondary N) is 2. The fourth-order valence-corrected chi connectivity index (χ4v) is 1.75. The molecule has 1 atom stereocenters. The summed E-state index contributed by atoms with van der Waals surface area (Å²) in [4.78, 5) is 11.6. The Morgan fingerprint density at radius 1 is 1.42 bits per heavy atom. The van der Waals surface area contributed by atoms with E-state index in [1.54, 1.807) is 25.1 Å². The van der Waals surface area contributed by atoms with Gasteiger partial charge in [0.25, 0.3) is 0 Å². The first kappa shape index (κ1) is 15.4. The standard InChI is InChI=1S/C14H20N2O2S/c1-4-10(3)15-14(19)16-12-8-6-7-11(9-12)13(17)18-5-2/h6-10H,4-5H2,1-3H3,(H2,15,16,19). The molecule has 0 heterocycles. The second-order valence-electron chi connectivity index (χ2n) is 4.21. The lowest BCUT2D eigenvalue weighted by molar-refractivity contribution is 0.0526. The van der Waals surface area contributed by atoms with Crippen molar-refractivity contribution >= 4 is 29.0 Å². The van der Waals surface area contributed by atoms with Gasteiger partial charge in [-0.25, -0.2) is 4.79 Å². The molecule has 19 heavy (non-hydrogen) atoms. The Morgan fingerprint density at radius 2 is 2.16 bits per heavy atom. The van der Waals surface area contributed by atoms with E-state index in [1.807, 2.05) is 6.07 Å². The van der Waals surface area contributed by atoms with Gasteiger partial charge in [0.15, 0.2) is 5.11 Å². The predicted molar refractivity (Wildman–Crippen MR) is 81.5 cm³/mol. The number of rotatable bonds is 5. The highest BCUT2D eigenvalue weighted by Gasteiger charge is 2.07. The molecule has 2 N–H and O–H groups in total. The second-order valence-corrected chi connectivity index (χ2v) is 4.62. The second kappa shape index (κ2) is 7.74. The summed E-state index contributed by atoms with van der Waals surface area (Å²) in [5.74, 6) is -0.327. The van der Waals surface area contributed by atoms with Gasteiger partial charge in [-0.3, -0.25) is 0 Å². The largest absolute Gasteiger partial charge is 0.462 e. The van der Waals surface area contributed by atoms with Crippen molar-refractivity contribution < 1.29 is 9.53 Å². The van der Waals surface area contributed by atoms with Crippen LogP contribution < -0.4 is 10.6 Å². The van der Waals surface area contributed by atoms with Gasteiger partial charge in [-0.1, -0.05) is 13.0 Å². The Balaban J connectivity index is 2.66. The summed E-state index contributed by atoms with van der Waals surface area (Å²) in [7, 11) is 0. The molecule has 0 fully saturated rings. The fourth-order valence-electron chi connectivity index (χ4n) is 1.43. The number of ether oxygens (including phenoxy) is 1. The molecule has 1 aromatic rings. The van der Waals surface area contributed by atoms with Crippen molar-refractivity contribution in [1.29, 1.82) is 0 Å². The summed E-state index contributed by atoms with van der Waals surface area (Å²) < 4.78 is 4.95. The number of anilines is 1. The van der Waals surface area contributed by atoms with Gasteiger partial charge >= 0.3 is 5.97 Å². The van der Waals surface area contributed by atoms with Gasteiger partial charge in [-0.2, -0.15) is 0 Å². The van der Waals surface area contributed by atoms with E-state index in [0.717, 1.165) is 12.1 Å². The molecule has 1 unspecified atom stereocenters. The van der Waals surface area contributed by atoms with E-state index < -0.39 is 0 Å². The van der Waals surface area contributed by atoms with Gasteiger partial charge in [0.2, 0.25) is 0 Å². The molecular formula is C14H20N2O2S. The number of thiocarbonyl (C=S) groups is 1. The lowest BCUT2D eigenvalue weighted by atomic mass is 10.2. The molecule has 0 aliphatic rings. The summed E-state index contributed by atoms with van der Waals surface area (Å²) in [5, 5.41) is 6.76. The van der Waals surface area contributed by atoms with Gasteiger partial charge in [0.05, 0.1) is 12.2 Å². The van der Waals surface area contributed by atoms with Gasteiger partial charge in [-0.05, 0) is 50.7 Å². The number of benzene rings is 1. The molecular weight excluding hydrogens is 260 g/mol. The number of esters is 1. The monoisotopic (exact) mass is 280 g/mol. The minimum Gasteiger partial charge on any atom is -0.462 e. The third-order valence-corrected chi connectivity index (χ3v) is 2.84. The van der Waals surface area contributed by atoms with Crippen molar-refractivity contribution in [2.75, 3.05) is 11.9 Å². The van der Waals surface area contributed by atoms with Crippen molar-refractivity contribution in [2.45, 2.75) is 33.2 Å². The lowest BCUT2D eigenvalue weighted by Crippen LogP contribution is -2.35. The summed E-state index contributed by atoms with van der Waals surface area (Å²) >= 11 is 5.20. The Bertz CT molecular complexity index is 449. The molecule has 1 rings (SSSR count). The summed E-state index contributed by atoms with van der Waals surface area (Å²) in [5.41, 5.74) is 1.28. The minimum absolute atomic E-state index is 0.313. The molecule has 0 amide bonds. The molecule has 0 bridgehead atoms. The van der Waals surface area contributed by atoms with Crippen LogP contribution in [0.25, 0.3) is 0 Å². The van der Waals surface area contributed by atoms with Crippen LogP contribution in [-0.2, 0) is 4.74 Å². The highest BCUT2D eigenvalue weighted by atomic mass is 32.1. The number of carbonyl (C=O) groups is 1. The summed E-state index contributed by atoms with van der Waals surface area (Å²) in [6, 6.07) is 7.40. The average molecular weight is 280 g/mol. The van der Waals surface area contributed by atoms with Gasteiger partial charge in [-0.15, -0.1) is 0 Å². The molecule has 0 saturated heterocycles. The van der Waals surface area contributed by atoms with Crippen molar-refractivity contribution in [1.82, 2.24) is 5.32 Å². The maximum Gasteiger partial charge on any atom is 0.338 e. The Kier molecular flexibility index (Phi) is 6.29. The highest BCUT2D eigenvalue weighted by molar-refractivity contribution is 7.80. The maximum absolute atomic E-state index is 11.6. The van der Waals surface area contributed by atoms with Crippen LogP contribution in [0.4, 0.5) is 5.69 Å². The number of carbonyl (C=O) groups excluding carboxylic acids is 1. The molecule has 0 radical (unpaired) electrons. The first-order valence-corrected chi connectivity index (χ1v) is 6.82. The number of hydrogen-bond acceptors (Lipinski definition) is 3. The van der Waals surface area contributed by atoms with Crippen molar-refractivity contribution in [3.05, 3.63) is 29.8 Å².